The lowest BCUT2D eigenvalue weighted by atomic mass is 10.0. The summed E-state index contributed by atoms with van der Waals surface area (Å²) in [6, 6.07) is 4.27. The lowest BCUT2D eigenvalue weighted by Gasteiger charge is -2.32. The highest BCUT2D eigenvalue weighted by molar-refractivity contribution is 6.31. The summed E-state index contributed by atoms with van der Waals surface area (Å²) in [6.07, 6.45) is 7.24. The second-order valence-electron chi connectivity index (χ2n) is 6.63. The Bertz CT molecular complexity index is 912. The summed E-state index contributed by atoms with van der Waals surface area (Å²) in [5.74, 6) is 0.225. The third kappa shape index (κ3) is 5.52. The van der Waals surface area contributed by atoms with E-state index < -0.39 is 5.82 Å². The summed E-state index contributed by atoms with van der Waals surface area (Å²) in [6.45, 7) is 5.09. The average Bonchev–Trinajstić information content (AvgIpc) is 2.72. The highest BCUT2D eigenvalue weighted by atomic mass is 35.5. The van der Waals surface area contributed by atoms with Gasteiger partial charge >= 0.3 is 0 Å². The summed E-state index contributed by atoms with van der Waals surface area (Å²) >= 11 is 5.80. The second kappa shape index (κ2) is 9.49. The number of likely N-dealkylation sites (tertiary alicyclic amines) is 1. The maximum atomic E-state index is 13.3. The molecule has 2 aromatic rings. The molecule has 1 saturated heterocycles. The Hall–Kier alpha value is -2.97. The lowest BCUT2D eigenvalue weighted by molar-refractivity contribution is 0.109. The van der Waals surface area contributed by atoms with Gasteiger partial charge in [0.15, 0.2) is 0 Å². The molecule has 0 aliphatic carbocycles. The SMILES string of the molecule is C=C(NC=C(C(=N)N1CCC(O)CC1)c1cncnc1)Nc1ccc(F)c(Cl)c1. The largest absolute Gasteiger partial charge is 0.393 e. The van der Waals surface area contributed by atoms with E-state index in [1.807, 2.05) is 4.90 Å². The number of piperidine rings is 1. The van der Waals surface area contributed by atoms with Gasteiger partial charge in [-0.25, -0.2) is 14.4 Å². The molecule has 0 amide bonds. The Morgan fingerprint density at radius 2 is 2.00 bits per heavy atom. The van der Waals surface area contributed by atoms with E-state index in [9.17, 15) is 9.50 Å². The number of aliphatic hydroxyl groups is 1. The first-order chi connectivity index (χ1) is 13.9. The van der Waals surface area contributed by atoms with Gasteiger partial charge in [0.25, 0.3) is 0 Å². The standard InChI is InChI=1S/C20H22ClFN6O/c1-13(27-15-2-3-19(22)18(21)8-15)26-11-17(14-9-24-12-25-10-14)20(23)28-6-4-16(29)5-7-28/h2-3,8-12,16,23,26-27,29H,1,4-7H2. The predicted octanol–water partition coefficient (Wildman–Crippen LogP) is 3.22. The van der Waals surface area contributed by atoms with Gasteiger partial charge in [-0.15, -0.1) is 0 Å². The van der Waals surface area contributed by atoms with Crippen molar-refractivity contribution < 1.29 is 9.50 Å². The lowest BCUT2D eigenvalue weighted by Crippen LogP contribution is -2.40. The van der Waals surface area contributed by atoms with Crippen LogP contribution in [0.4, 0.5) is 10.1 Å². The molecule has 1 aliphatic rings. The molecule has 7 nitrogen and oxygen atoms in total. The van der Waals surface area contributed by atoms with Crippen molar-refractivity contribution in [2.75, 3.05) is 18.4 Å². The summed E-state index contributed by atoms with van der Waals surface area (Å²) in [7, 11) is 0. The Morgan fingerprint density at radius 1 is 1.31 bits per heavy atom. The van der Waals surface area contributed by atoms with Crippen LogP contribution in [0.5, 0.6) is 0 Å². The summed E-state index contributed by atoms with van der Waals surface area (Å²) in [5, 5.41) is 24.4. The average molecular weight is 417 g/mol. The van der Waals surface area contributed by atoms with Crippen LogP contribution in [0, 0.1) is 11.2 Å². The monoisotopic (exact) mass is 416 g/mol. The number of benzene rings is 1. The van der Waals surface area contributed by atoms with Gasteiger partial charge in [0, 0.05) is 48.5 Å². The first-order valence-electron chi connectivity index (χ1n) is 9.09. The van der Waals surface area contributed by atoms with Gasteiger partial charge in [-0.2, -0.15) is 0 Å². The van der Waals surface area contributed by atoms with E-state index in [1.54, 1.807) is 24.7 Å². The number of nitrogens with one attached hydrogen (secondary N) is 3. The number of amidine groups is 1. The van der Waals surface area contributed by atoms with Crippen LogP contribution < -0.4 is 10.6 Å². The fraction of sp³-hybridized carbons (Fsp3) is 0.250. The van der Waals surface area contributed by atoms with E-state index in [-0.39, 0.29) is 11.1 Å². The summed E-state index contributed by atoms with van der Waals surface area (Å²) < 4.78 is 13.3. The molecule has 0 unspecified atom stereocenters. The zero-order valence-electron chi connectivity index (χ0n) is 15.7. The second-order valence-corrected chi connectivity index (χ2v) is 7.04. The highest BCUT2D eigenvalue weighted by Crippen LogP contribution is 2.21. The Morgan fingerprint density at radius 3 is 2.66 bits per heavy atom. The maximum Gasteiger partial charge on any atom is 0.141 e. The molecule has 1 fully saturated rings. The van der Waals surface area contributed by atoms with E-state index in [1.165, 1.54) is 18.5 Å². The molecule has 4 N–H and O–H groups in total. The van der Waals surface area contributed by atoms with Crippen molar-refractivity contribution in [3.8, 4) is 0 Å². The molecule has 0 radical (unpaired) electrons. The fourth-order valence-corrected chi connectivity index (χ4v) is 3.11. The number of aliphatic hydroxyl groups excluding tert-OH is 1. The minimum atomic E-state index is -0.498. The van der Waals surface area contributed by atoms with Crippen LogP contribution in [0.25, 0.3) is 5.57 Å². The normalized spacial score (nSPS) is 15.1. The van der Waals surface area contributed by atoms with Crippen molar-refractivity contribution in [2.45, 2.75) is 18.9 Å². The first kappa shape index (κ1) is 20.8. The van der Waals surface area contributed by atoms with Gasteiger partial charge in [-0.3, -0.25) is 5.41 Å². The highest BCUT2D eigenvalue weighted by Gasteiger charge is 2.22. The van der Waals surface area contributed by atoms with Crippen LogP contribution in [0.3, 0.4) is 0 Å². The van der Waals surface area contributed by atoms with Gasteiger partial charge < -0.3 is 20.6 Å². The molecule has 3 rings (SSSR count). The molecule has 0 spiro atoms. The Labute approximate surface area is 173 Å². The van der Waals surface area contributed by atoms with Crippen LogP contribution in [0.2, 0.25) is 5.02 Å². The third-order valence-electron chi connectivity index (χ3n) is 4.51. The number of rotatable bonds is 6. The van der Waals surface area contributed by atoms with E-state index >= 15 is 0 Å². The van der Waals surface area contributed by atoms with Crippen molar-refractivity contribution in [2.24, 2.45) is 0 Å². The first-order valence-corrected chi connectivity index (χ1v) is 9.47. The maximum absolute atomic E-state index is 13.3. The molecule has 152 valence electrons. The van der Waals surface area contributed by atoms with E-state index in [2.05, 4.69) is 27.2 Å². The predicted molar refractivity (Wildman–Crippen MR) is 112 cm³/mol. The topological polar surface area (TPSA) is 97.2 Å². The molecular formula is C20H22ClFN6O. The quantitative estimate of drug-likeness (QED) is 0.426. The molecule has 1 aromatic heterocycles. The minimum Gasteiger partial charge on any atom is -0.393 e. The fourth-order valence-electron chi connectivity index (χ4n) is 2.93. The molecule has 1 aromatic carbocycles. The number of nitrogens with zero attached hydrogens (tertiary/aromatic N) is 3. The van der Waals surface area contributed by atoms with Gasteiger partial charge in [0.1, 0.15) is 18.0 Å². The van der Waals surface area contributed by atoms with Crippen molar-refractivity contribution >= 4 is 28.7 Å². The van der Waals surface area contributed by atoms with Gasteiger partial charge in [-0.1, -0.05) is 18.2 Å². The number of anilines is 1. The molecular weight excluding hydrogens is 395 g/mol. The third-order valence-corrected chi connectivity index (χ3v) is 4.80. The molecule has 29 heavy (non-hydrogen) atoms. The van der Waals surface area contributed by atoms with Gasteiger partial charge in [-0.05, 0) is 31.0 Å². The van der Waals surface area contributed by atoms with Crippen LogP contribution in [-0.4, -0.2) is 45.0 Å². The van der Waals surface area contributed by atoms with Crippen molar-refractivity contribution in [1.82, 2.24) is 20.2 Å². The number of hydrogen-bond donors (Lipinski definition) is 4. The minimum absolute atomic E-state index is 0.00882. The summed E-state index contributed by atoms with van der Waals surface area (Å²) in [5.41, 5.74) is 1.84. The van der Waals surface area contributed by atoms with E-state index in [0.29, 0.717) is 54.4 Å². The molecule has 0 saturated carbocycles. The molecule has 2 heterocycles. The number of halogens is 2. The van der Waals surface area contributed by atoms with E-state index in [4.69, 9.17) is 17.0 Å². The molecule has 0 atom stereocenters. The molecule has 0 bridgehead atoms. The van der Waals surface area contributed by atoms with Gasteiger partial charge in [0.2, 0.25) is 0 Å². The van der Waals surface area contributed by atoms with Crippen LogP contribution in [0.1, 0.15) is 18.4 Å². The Balaban J connectivity index is 1.75. The zero-order valence-corrected chi connectivity index (χ0v) is 16.5. The van der Waals surface area contributed by atoms with E-state index in [0.717, 1.165) is 0 Å². The smallest absolute Gasteiger partial charge is 0.141 e. The van der Waals surface area contributed by atoms with Crippen LogP contribution in [-0.2, 0) is 0 Å². The van der Waals surface area contributed by atoms with Gasteiger partial charge in [0.05, 0.1) is 16.9 Å². The summed E-state index contributed by atoms with van der Waals surface area (Å²) in [4.78, 5) is 9.98. The number of hydrogen-bond acceptors (Lipinski definition) is 6. The van der Waals surface area contributed by atoms with Crippen molar-refractivity contribution in [1.29, 1.82) is 5.41 Å². The van der Waals surface area contributed by atoms with Crippen molar-refractivity contribution in [3.05, 3.63) is 71.9 Å². The molecule has 9 heteroatoms. The number of aromatic nitrogens is 2. The zero-order chi connectivity index (χ0) is 20.8. The van der Waals surface area contributed by atoms with Crippen molar-refractivity contribution in [3.63, 3.8) is 0 Å². The molecule has 1 aliphatic heterocycles. The Kier molecular flexibility index (Phi) is 6.79. The van der Waals surface area contributed by atoms with Crippen LogP contribution >= 0.6 is 11.6 Å². The van der Waals surface area contributed by atoms with Crippen LogP contribution in [0.15, 0.2) is 55.5 Å².